The van der Waals surface area contributed by atoms with Crippen LogP contribution in [0.2, 0.25) is 0 Å². The van der Waals surface area contributed by atoms with Gasteiger partial charge in [-0.05, 0) is 30.9 Å². The molecule has 58 valence electrons. The normalized spacial score (nSPS) is 8.40. The molecule has 0 amide bonds. The van der Waals surface area contributed by atoms with E-state index in [-0.39, 0.29) is 0 Å². The van der Waals surface area contributed by atoms with Crippen LogP contribution in [-0.2, 0) is 6.42 Å². The standard InChI is InChI=1S/C6H9NS.CH3Cl/c1-3-6-4-5(2)7-8-6;1-2/h4H,3H2,1-2H3;1H3. The van der Waals surface area contributed by atoms with Crippen LogP contribution >= 0.6 is 23.1 Å². The van der Waals surface area contributed by atoms with Crippen LogP contribution < -0.4 is 0 Å². The second-order valence-corrected chi connectivity index (χ2v) is 2.68. The Morgan fingerprint density at radius 1 is 1.60 bits per heavy atom. The highest BCUT2D eigenvalue weighted by molar-refractivity contribution is 7.05. The van der Waals surface area contributed by atoms with E-state index in [1.165, 1.54) is 11.3 Å². The van der Waals surface area contributed by atoms with Crippen LogP contribution in [0.5, 0.6) is 0 Å². The minimum Gasteiger partial charge on any atom is -0.198 e. The minimum absolute atomic E-state index is 1.12. The number of rotatable bonds is 1. The highest BCUT2D eigenvalue weighted by atomic mass is 35.5. The van der Waals surface area contributed by atoms with Gasteiger partial charge in [0.05, 0.1) is 5.69 Å². The monoisotopic (exact) mass is 177 g/mol. The molecule has 0 N–H and O–H groups in total. The first-order valence-corrected chi connectivity index (χ1v) is 4.66. The van der Waals surface area contributed by atoms with Crippen molar-refractivity contribution in [3.8, 4) is 0 Å². The van der Waals surface area contributed by atoms with Gasteiger partial charge < -0.3 is 0 Å². The summed E-state index contributed by atoms with van der Waals surface area (Å²) in [5, 5.41) is 0. The van der Waals surface area contributed by atoms with Gasteiger partial charge in [-0.1, -0.05) is 6.92 Å². The first-order chi connectivity index (χ1) is 4.83. The quantitative estimate of drug-likeness (QED) is 0.602. The van der Waals surface area contributed by atoms with E-state index in [9.17, 15) is 0 Å². The molecule has 0 bridgehead atoms. The summed E-state index contributed by atoms with van der Waals surface area (Å²) in [7, 11) is 0. The molecule has 0 saturated heterocycles. The Bertz CT molecular complexity index is 174. The predicted octanol–water partition coefficient (Wildman–Crippen LogP) is 2.87. The van der Waals surface area contributed by atoms with E-state index in [4.69, 9.17) is 0 Å². The molecule has 0 aromatic carbocycles. The van der Waals surface area contributed by atoms with Gasteiger partial charge in [0.15, 0.2) is 0 Å². The summed E-state index contributed by atoms with van der Waals surface area (Å²) in [6.07, 6.45) is 2.59. The SMILES string of the molecule is CCc1cc(C)ns1.CCl. The van der Waals surface area contributed by atoms with Crippen molar-refractivity contribution < 1.29 is 0 Å². The van der Waals surface area contributed by atoms with Gasteiger partial charge in [-0.2, -0.15) is 4.37 Å². The van der Waals surface area contributed by atoms with Crippen LogP contribution in [0.1, 0.15) is 17.5 Å². The molecule has 1 aromatic heterocycles. The number of hydrogen-bond acceptors (Lipinski definition) is 2. The van der Waals surface area contributed by atoms with Crippen LogP contribution in [0, 0.1) is 6.92 Å². The molecular weight excluding hydrogens is 166 g/mol. The van der Waals surface area contributed by atoms with Crippen molar-refractivity contribution in [2.45, 2.75) is 20.3 Å². The lowest BCUT2D eigenvalue weighted by Crippen LogP contribution is -1.65. The first-order valence-electron chi connectivity index (χ1n) is 3.13. The van der Waals surface area contributed by atoms with Crippen LogP contribution in [0.15, 0.2) is 6.07 Å². The zero-order valence-corrected chi connectivity index (χ0v) is 8.09. The maximum atomic E-state index is 4.64. The highest BCUT2D eigenvalue weighted by Gasteiger charge is 1.91. The summed E-state index contributed by atoms with van der Waals surface area (Å²) in [6.45, 7) is 4.17. The lowest BCUT2D eigenvalue weighted by molar-refractivity contribution is 1.18. The van der Waals surface area contributed by atoms with Gasteiger partial charge in [0.2, 0.25) is 0 Å². The third-order valence-electron chi connectivity index (χ3n) is 1.03. The molecule has 0 radical (unpaired) electrons. The predicted molar refractivity (Wildman–Crippen MR) is 48.0 cm³/mol. The summed E-state index contributed by atoms with van der Waals surface area (Å²) in [4.78, 5) is 1.38. The molecule has 0 aliphatic rings. The maximum absolute atomic E-state index is 4.64. The van der Waals surface area contributed by atoms with Gasteiger partial charge in [-0.3, -0.25) is 0 Å². The van der Waals surface area contributed by atoms with Gasteiger partial charge in [0.1, 0.15) is 0 Å². The Morgan fingerprint density at radius 2 is 2.20 bits per heavy atom. The van der Waals surface area contributed by atoms with E-state index in [1.807, 2.05) is 6.92 Å². The highest BCUT2D eigenvalue weighted by Crippen LogP contribution is 2.08. The van der Waals surface area contributed by atoms with E-state index >= 15 is 0 Å². The lowest BCUT2D eigenvalue weighted by Gasteiger charge is -1.77. The number of aryl methyl sites for hydroxylation is 2. The lowest BCUT2D eigenvalue weighted by atomic mass is 10.3. The molecule has 0 aliphatic heterocycles. The molecule has 0 unspecified atom stereocenters. The number of hydrogen-bond donors (Lipinski definition) is 0. The summed E-state index contributed by atoms with van der Waals surface area (Å²) in [6, 6.07) is 2.13. The molecule has 3 heteroatoms. The summed E-state index contributed by atoms with van der Waals surface area (Å²) >= 11 is 6.24. The molecule has 1 rings (SSSR count). The molecule has 1 aromatic rings. The van der Waals surface area contributed by atoms with Gasteiger partial charge in [0, 0.05) is 11.3 Å². The largest absolute Gasteiger partial charge is 0.198 e. The van der Waals surface area contributed by atoms with Crippen LogP contribution in [0.25, 0.3) is 0 Å². The number of halogens is 1. The van der Waals surface area contributed by atoms with E-state index < -0.39 is 0 Å². The molecule has 0 atom stereocenters. The van der Waals surface area contributed by atoms with Gasteiger partial charge >= 0.3 is 0 Å². The fourth-order valence-electron chi connectivity index (χ4n) is 0.583. The third kappa shape index (κ3) is 3.18. The Kier molecular flexibility index (Phi) is 5.64. The zero-order chi connectivity index (χ0) is 7.98. The zero-order valence-electron chi connectivity index (χ0n) is 6.52. The Labute approximate surface area is 71.2 Å². The molecule has 0 fully saturated rings. The Morgan fingerprint density at radius 3 is 2.40 bits per heavy atom. The molecule has 1 heterocycles. The van der Waals surface area contributed by atoms with Gasteiger partial charge in [-0.15, -0.1) is 11.6 Å². The molecule has 1 nitrogen and oxygen atoms in total. The van der Waals surface area contributed by atoms with Crippen molar-refractivity contribution in [3.05, 3.63) is 16.6 Å². The van der Waals surface area contributed by atoms with E-state index in [0.717, 1.165) is 12.1 Å². The Balaban J connectivity index is 0.000000371. The maximum Gasteiger partial charge on any atom is 0.0514 e. The average Bonchev–Trinajstić information content (AvgIpc) is 2.40. The molecule has 0 aliphatic carbocycles. The average molecular weight is 178 g/mol. The Hall–Kier alpha value is -0.0800. The van der Waals surface area contributed by atoms with Crippen molar-refractivity contribution in [1.82, 2.24) is 4.37 Å². The number of alkyl halides is 1. The number of nitrogens with zero attached hydrogens (tertiary/aromatic N) is 1. The topological polar surface area (TPSA) is 12.9 Å². The summed E-state index contributed by atoms with van der Waals surface area (Å²) in [5.41, 5.74) is 1.15. The third-order valence-corrected chi connectivity index (χ3v) is 2.05. The van der Waals surface area contributed by atoms with Crippen molar-refractivity contribution >= 4 is 23.1 Å². The molecule has 10 heavy (non-hydrogen) atoms. The smallest absolute Gasteiger partial charge is 0.0514 e. The first kappa shape index (κ1) is 9.92. The van der Waals surface area contributed by atoms with Crippen LogP contribution in [0.4, 0.5) is 0 Å². The van der Waals surface area contributed by atoms with E-state index in [1.54, 1.807) is 11.5 Å². The number of aromatic nitrogens is 1. The molecule has 0 saturated carbocycles. The molecular formula is C7H12ClNS. The van der Waals surface area contributed by atoms with Crippen molar-refractivity contribution in [2.75, 3.05) is 6.38 Å². The van der Waals surface area contributed by atoms with Crippen molar-refractivity contribution in [3.63, 3.8) is 0 Å². The van der Waals surface area contributed by atoms with E-state index in [2.05, 4.69) is 29.0 Å². The van der Waals surface area contributed by atoms with Crippen molar-refractivity contribution in [2.24, 2.45) is 0 Å². The molecule has 0 spiro atoms. The minimum atomic E-state index is 1.12. The van der Waals surface area contributed by atoms with Crippen LogP contribution in [0.3, 0.4) is 0 Å². The second-order valence-electron chi connectivity index (χ2n) is 1.79. The van der Waals surface area contributed by atoms with Gasteiger partial charge in [0.25, 0.3) is 0 Å². The van der Waals surface area contributed by atoms with E-state index in [0.29, 0.717) is 0 Å². The van der Waals surface area contributed by atoms with Crippen LogP contribution in [-0.4, -0.2) is 10.8 Å². The van der Waals surface area contributed by atoms with Crippen molar-refractivity contribution in [1.29, 1.82) is 0 Å². The fraction of sp³-hybridized carbons (Fsp3) is 0.571. The fourth-order valence-corrected chi connectivity index (χ4v) is 1.25. The summed E-state index contributed by atoms with van der Waals surface area (Å²) in [5.74, 6) is 0. The second kappa shape index (κ2) is 5.69. The summed E-state index contributed by atoms with van der Waals surface area (Å²) < 4.78 is 4.13. The van der Waals surface area contributed by atoms with Gasteiger partial charge in [-0.25, -0.2) is 0 Å².